The molecule has 0 radical (unpaired) electrons. The van der Waals surface area contributed by atoms with Gasteiger partial charge in [-0.3, -0.25) is 4.79 Å². The van der Waals surface area contributed by atoms with E-state index in [1.165, 1.54) is 6.08 Å². The molecule has 0 amide bonds. The smallest absolute Gasteiger partial charge is 0.142 e. The van der Waals surface area contributed by atoms with Crippen LogP contribution in [0.2, 0.25) is 0 Å². The van der Waals surface area contributed by atoms with Gasteiger partial charge in [0.1, 0.15) is 12.6 Å². The zero-order valence-corrected chi connectivity index (χ0v) is 8.64. The van der Waals surface area contributed by atoms with Crippen molar-refractivity contribution in [3.05, 3.63) is 12.2 Å². The Hall–Kier alpha value is -0.570. The lowest BCUT2D eigenvalue weighted by molar-refractivity contribution is -0.107. The van der Waals surface area contributed by atoms with Crippen LogP contribution >= 0.6 is 11.8 Å². The first-order valence-electron chi connectivity index (χ1n) is 3.75. The molecule has 2 nitrogen and oxygen atoms in total. The van der Waals surface area contributed by atoms with Gasteiger partial charge in [-0.15, -0.1) is 0 Å². The largest absolute Gasteiger partial charge is 0.303 e. The van der Waals surface area contributed by atoms with E-state index in [1.54, 1.807) is 24.8 Å². The molecule has 0 heterocycles. The Morgan fingerprint density at radius 1 is 1.42 bits per heavy atom. The van der Waals surface area contributed by atoms with Crippen LogP contribution in [0.4, 0.5) is 0 Å². The van der Waals surface area contributed by atoms with E-state index in [1.807, 2.05) is 13.2 Å². The molecule has 0 aromatic carbocycles. The molecule has 0 saturated heterocycles. The predicted octanol–water partition coefficient (Wildman–Crippen LogP) is 2.09. The summed E-state index contributed by atoms with van der Waals surface area (Å²) in [6, 6.07) is 0. The molecule has 0 aliphatic rings. The summed E-state index contributed by atoms with van der Waals surface area (Å²) in [6.07, 6.45) is 7.53. The van der Waals surface area contributed by atoms with Crippen molar-refractivity contribution in [3.8, 4) is 0 Å². The van der Waals surface area contributed by atoms with Crippen molar-refractivity contribution in [2.24, 2.45) is 0 Å². The number of aldehydes is 2. The Bertz CT molecular complexity index is 132. The molecule has 0 fully saturated rings. The van der Waals surface area contributed by atoms with E-state index in [4.69, 9.17) is 0 Å². The molecule has 0 aliphatic carbocycles. The Morgan fingerprint density at radius 3 is 2.08 bits per heavy atom. The number of hydrogen-bond acceptors (Lipinski definition) is 3. The van der Waals surface area contributed by atoms with Gasteiger partial charge < -0.3 is 4.79 Å². The topological polar surface area (TPSA) is 34.1 Å². The zero-order chi connectivity index (χ0) is 9.82. The minimum atomic E-state index is 0.498. The minimum absolute atomic E-state index is 0.498. The second-order valence-corrected chi connectivity index (χ2v) is 3.39. The lowest BCUT2D eigenvalue weighted by Gasteiger charge is -1.98. The normalized spacial score (nSPS) is 11.6. The summed E-state index contributed by atoms with van der Waals surface area (Å²) in [7, 11) is 0. The standard InChI is InChI=1S/C5H10OS.C4H6O/c1-5(7-2)3-4-6;1-2-3-4-5/h4-5H,3H2,1-2H3;2-4H,1H3/b;3-2+. The van der Waals surface area contributed by atoms with Gasteiger partial charge in [-0.2, -0.15) is 11.8 Å². The molecule has 0 saturated carbocycles. The van der Waals surface area contributed by atoms with Crippen LogP contribution in [0.5, 0.6) is 0 Å². The molecular formula is C9H16O2S. The van der Waals surface area contributed by atoms with Gasteiger partial charge in [0.15, 0.2) is 0 Å². The van der Waals surface area contributed by atoms with E-state index in [0.29, 0.717) is 11.7 Å². The summed E-state index contributed by atoms with van der Waals surface area (Å²) in [4.78, 5) is 19.1. The highest BCUT2D eigenvalue weighted by Gasteiger charge is 1.93. The third-order valence-corrected chi connectivity index (χ3v) is 2.10. The SMILES string of the molecule is C/C=C/C=O.CSC(C)CC=O. The molecule has 0 aliphatic heterocycles. The summed E-state index contributed by atoms with van der Waals surface area (Å²) in [5, 5.41) is 0.498. The highest BCUT2D eigenvalue weighted by molar-refractivity contribution is 7.99. The number of rotatable bonds is 4. The zero-order valence-electron chi connectivity index (χ0n) is 7.82. The van der Waals surface area contributed by atoms with Gasteiger partial charge in [-0.25, -0.2) is 0 Å². The van der Waals surface area contributed by atoms with E-state index in [9.17, 15) is 9.59 Å². The van der Waals surface area contributed by atoms with Crippen molar-refractivity contribution in [1.82, 2.24) is 0 Å². The molecule has 0 rings (SSSR count). The second kappa shape index (κ2) is 13.1. The molecular weight excluding hydrogens is 172 g/mol. The van der Waals surface area contributed by atoms with Gasteiger partial charge in [-0.05, 0) is 19.3 Å². The van der Waals surface area contributed by atoms with Crippen molar-refractivity contribution >= 4 is 24.3 Å². The molecule has 70 valence electrons. The van der Waals surface area contributed by atoms with Gasteiger partial charge in [0.2, 0.25) is 0 Å². The van der Waals surface area contributed by atoms with Crippen LogP contribution in [-0.4, -0.2) is 24.1 Å². The molecule has 12 heavy (non-hydrogen) atoms. The van der Waals surface area contributed by atoms with E-state index in [0.717, 1.165) is 12.6 Å². The Labute approximate surface area is 78.4 Å². The van der Waals surface area contributed by atoms with Gasteiger partial charge >= 0.3 is 0 Å². The number of carbonyl (C=O) groups excluding carboxylic acids is 2. The first-order valence-corrected chi connectivity index (χ1v) is 5.04. The summed E-state index contributed by atoms with van der Waals surface area (Å²) in [5.74, 6) is 0. The summed E-state index contributed by atoms with van der Waals surface area (Å²) >= 11 is 1.72. The molecule has 0 spiro atoms. The average molecular weight is 188 g/mol. The quantitative estimate of drug-likeness (QED) is 0.500. The number of thioether (sulfide) groups is 1. The maximum absolute atomic E-state index is 9.76. The Morgan fingerprint density at radius 2 is 2.00 bits per heavy atom. The highest BCUT2D eigenvalue weighted by atomic mass is 32.2. The van der Waals surface area contributed by atoms with Crippen molar-refractivity contribution < 1.29 is 9.59 Å². The maximum Gasteiger partial charge on any atom is 0.142 e. The maximum atomic E-state index is 9.76. The van der Waals surface area contributed by atoms with Crippen LogP contribution in [0.1, 0.15) is 20.3 Å². The fourth-order valence-corrected chi connectivity index (χ4v) is 0.581. The van der Waals surface area contributed by atoms with E-state index >= 15 is 0 Å². The first-order chi connectivity index (χ1) is 5.72. The summed E-state index contributed by atoms with van der Waals surface area (Å²) < 4.78 is 0. The summed E-state index contributed by atoms with van der Waals surface area (Å²) in [6.45, 7) is 3.84. The third-order valence-electron chi connectivity index (χ3n) is 1.10. The Balaban J connectivity index is 0. The van der Waals surface area contributed by atoms with Gasteiger partial charge in [0, 0.05) is 11.7 Å². The molecule has 0 N–H and O–H groups in total. The lowest BCUT2D eigenvalue weighted by Crippen LogP contribution is -1.93. The van der Waals surface area contributed by atoms with Crippen molar-refractivity contribution in [2.45, 2.75) is 25.5 Å². The fourth-order valence-electron chi connectivity index (χ4n) is 0.310. The number of allylic oxidation sites excluding steroid dienone is 2. The van der Waals surface area contributed by atoms with Crippen LogP contribution in [0, 0.1) is 0 Å². The highest BCUT2D eigenvalue weighted by Crippen LogP contribution is 2.06. The predicted molar refractivity (Wildman–Crippen MR) is 54.5 cm³/mol. The van der Waals surface area contributed by atoms with E-state index in [-0.39, 0.29) is 0 Å². The van der Waals surface area contributed by atoms with Gasteiger partial charge in [-0.1, -0.05) is 13.0 Å². The van der Waals surface area contributed by atoms with Crippen LogP contribution < -0.4 is 0 Å². The van der Waals surface area contributed by atoms with Crippen LogP contribution in [0.25, 0.3) is 0 Å². The molecule has 1 atom stereocenters. The van der Waals surface area contributed by atoms with E-state index < -0.39 is 0 Å². The molecule has 0 aromatic heterocycles. The number of hydrogen-bond donors (Lipinski definition) is 0. The molecule has 0 bridgehead atoms. The minimum Gasteiger partial charge on any atom is -0.303 e. The fraction of sp³-hybridized carbons (Fsp3) is 0.556. The van der Waals surface area contributed by atoms with Gasteiger partial charge in [0.05, 0.1) is 0 Å². The van der Waals surface area contributed by atoms with Crippen molar-refractivity contribution in [2.75, 3.05) is 6.26 Å². The van der Waals surface area contributed by atoms with Crippen LogP contribution in [0.3, 0.4) is 0 Å². The first kappa shape index (κ1) is 14.0. The molecule has 1 unspecified atom stereocenters. The van der Waals surface area contributed by atoms with Gasteiger partial charge in [0.25, 0.3) is 0 Å². The molecule has 3 heteroatoms. The van der Waals surface area contributed by atoms with Crippen LogP contribution in [0.15, 0.2) is 12.2 Å². The molecule has 0 aromatic rings. The average Bonchev–Trinajstić information content (AvgIpc) is 2.07. The second-order valence-electron chi connectivity index (χ2n) is 2.11. The third kappa shape index (κ3) is 16.2. The Kier molecular flexibility index (Phi) is 15.2. The van der Waals surface area contributed by atoms with Crippen LogP contribution in [-0.2, 0) is 9.59 Å². The lowest BCUT2D eigenvalue weighted by atomic mass is 10.4. The summed E-state index contributed by atoms with van der Waals surface area (Å²) in [5.41, 5.74) is 0. The van der Waals surface area contributed by atoms with Crippen molar-refractivity contribution in [1.29, 1.82) is 0 Å². The van der Waals surface area contributed by atoms with Crippen molar-refractivity contribution in [3.63, 3.8) is 0 Å². The monoisotopic (exact) mass is 188 g/mol. The number of carbonyl (C=O) groups is 2. The van der Waals surface area contributed by atoms with E-state index in [2.05, 4.69) is 0 Å².